The molecule has 1 aliphatic rings. The Morgan fingerprint density at radius 2 is 1.83 bits per heavy atom. The second-order valence-electron chi connectivity index (χ2n) is 6.49. The normalized spacial score (nSPS) is 16.6. The first-order chi connectivity index (χ1) is 11.2. The smallest absolute Gasteiger partial charge is 0.227 e. The van der Waals surface area contributed by atoms with Crippen LogP contribution in [0.3, 0.4) is 0 Å². The van der Waals surface area contributed by atoms with Crippen LogP contribution >= 0.6 is 0 Å². The first-order valence-corrected chi connectivity index (χ1v) is 8.63. The van der Waals surface area contributed by atoms with E-state index in [2.05, 4.69) is 36.1 Å². The second-order valence-corrected chi connectivity index (χ2v) is 6.49. The van der Waals surface area contributed by atoms with Gasteiger partial charge in [0.25, 0.3) is 0 Å². The van der Waals surface area contributed by atoms with Gasteiger partial charge >= 0.3 is 0 Å². The Balaban J connectivity index is 1.68. The number of hydrogen-bond acceptors (Lipinski definition) is 2. The van der Waals surface area contributed by atoms with Crippen molar-refractivity contribution < 1.29 is 4.79 Å². The standard InChI is InChI=1S/C20H26N2O/c1-3-22-13-11-18(12-14-22)21(2)20(23)15-17-9-6-8-16-7-4-5-10-19(16)17/h4-10,18H,3,11-15H2,1-2H3. The van der Waals surface area contributed by atoms with Crippen LogP contribution in [0.2, 0.25) is 0 Å². The van der Waals surface area contributed by atoms with Gasteiger partial charge in [0.05, 0.1) is 6.42 Å². The second kappa shape index (κ2) is 7.14. The van der Waals surface area contributed by atoms with Crippen LogP contribution in [0.4, 0.5) is 0 Å². The van der Waals surface area contributed by atoms with Crippen molar-refractivity contribution in [3.63, 3.8) is 0 Å². The third kappa shape index (κ3) is 3.56. The molecule has 0 N–H and O–H groups in total. The van der Waals surface area contributed by atoms with E-state index in [4.69, 9.17) is 0 Å². The predicted octanol–water partition coefficient (Wildman–Crippen LogP) is 3.33. The van der Waals surface area contributed by atoms with Crippen LogP contribution in [-0.4, -0.2) is 48.4 Å². The lowest BCUT2D eigenvalue weighted by molar-refractivity contribution is -0.132. The Kier molecular flexibility index (Phi) is 4.97. The van der Waals surface area contributed by atoms with Crippen molar-refractivity contribution >= 4 is 16.7 Å². The van der Waals surface area contributed by atoms with Crippen molar-refractivity contribution in [2.45, 2.75) is 32.2 Å². The summed E-state index contributed by atoms with van der Waals surface area (Å²) in [6, 6.07) is 14.9. The van der Waals surface area contributed by atoms with Crippen LogP contribution in [-0.2, 0) is 11.2 Å². The van der Waals surface area contributed by atoms with Gasteiger partial charge in [-0.2, -0.15) is 0 Å². The van der Waals surface area contributed by atoms with Gasteiger partial charge in [0, 0.05) is 26.2 Å². The molecule has 0 saturated carbocycles. The molecular formula is C20H26N2O. The molecule has 0 aromatic heterocycles. The fourth-order valence-corrected chi connectivity index (χ4v) is 3.56. The van der Waals surface area contributed by atoms with Crippen LogP contribution in [0.15, 0.2) is 42.5 Å². The average molecular weight is 310 g/mol. The molecule has 3 heteroatoms. The topological polar surface area (TPSA) is 23.6 Å². The largest absolute Gasteiger partial charge is 0.342 e. The molecule has 0 aliphatic carbocycles. The van der Waals surface area contributed by atoms with E-state index in [1.807, 2.05) is 30.1 Å². The SMILES string of the molecule is CCN1CCC(N(C)C(=O)Cc2cccc3ccccc23)CC1. The first kappa shape index (κ1) is 16.0. The molecule has 3 rings (SSSR count). The van der Waals surface area contributed by atoms with Crippen molar-refractivity contribution in [3.8, 4) is 0 Å². The van der Waals surface area contributed by atoms with E-state index >= 15 is 0 Å². The Hall–Kier alpha value is -1.87. The van der Waals surface area contributed by atoms with Gasteiger partial charge in [-0.1, -0.05) is 49.4 Å². The van der Waals surface area contributed by atoms with Crippen LogP contribution in [0.1, 0.15) is 25.3 Å². The predicted molar refractivity (Wildman–Crippen MR) is 95.6 cm³/mol. The Labute approximate surface area is 138 Å². The summed E-state index contributed by atoms with van der Waals surface area (Å²) in [5.41, 5.74) is 1.13. The quantitative estimate of drug-likeness (QED) is 0.865. The molecule has 1 saturated heterocycles. The van der Waals surface area contributed by atoms with Crippen molar-refractivity contribution in [2.24, 2.45) is 0 Å². The minimum atomic E-state index is 0.233. The van der Waals surface area contributed by atoms with Crippen molar-refractivity contribution in [3.05, 3.63) is 48.0 Å². The molecule has 1 heterocycles. The van der Waals surface area contributed by atoms with Gasteiger partial charge in [-0.05, 0) is 35.7 Å². The van der Waals surface area contributed by atoms with Crippen LogP contribution in [0.5, 0.6) is 0 Å². The number of carbonyl (C=O) groups is 1. The van der Waals surface area contributed by atoms with Crippen LogP contribution < -0.4 is 0 Å². The lowest BCUT2D eigenvalue weighted by Crippen LogP contribution is -2.45. The van der Waals surface area contributed by atoms with Crippen molar-refractivity contribution in [1.82, 2.24) is 9.80 Å². The molecule has 1 fully saturated rings. The molecule has 23 heavy (non-hydrogen) atoms. The number of likely N-dealkylation sites (tertiary alicyclic amines) is 1. The number of piperidine rings is 1. The summed E-state index contributed by atoms with van der Waals surface area (Å²) >= 11 is 0. The van der Waals surface area contributed by atoms with Crippen LogP contribution in [0, 0.1) is 0 Å². The highest BCUT2D eigenvalue weighted by Crippen LogP contribution is 2.21. The van der Waals surface area contributed by atoms with Gasteiger partial charge in [0.2, 0.25) is 5.91 Å². The molecule has 122 valence electrons. The fraction of sp³-hybridized carbons (Fsp3) is 0.450. The Bertz CT molecular complexity index is 669. The Morgan fingerprint density at radius 1 is 1.13 bits per heavy atom. The van der Waals surface area contributed by atoms with E-state index in [1.54, 1.807) is 0 Å². The molecule has 1 aliphatic heterocycles. The zero-order valence-corrected chi connectivity index (χ0v) is 14.2. The van der Waals surface area contributed by atoms with Gasteiger partial charge < -0.3 is 9.80 Å². The molecular weight excluding hydrogens is 284 g/mol. The fourth-order valence-electron chi connectivity index (χ4n) is 3.56. The molecule has 0 bridgehead atoms. The molecule has 2 aromatic rings. The highest BCUT2D eigenvalue weighted by Gasteiger charge is 2.24. The summed E-state index contributed by atoms with van der Waals surface area (Å²) in [7, 11) is 1.97. The van der Waals surface area contributed by atoms with Gasteiger partial charge in [-0.25, -0.2) is 0 Å². The van der Waals surface area contributed by atoms with Crippen molar-refractivity contribution in [1.29, 1.82) is 0 Å². The summed E-state index contributed by atoms with van der Waals surface area (Å²) in [6.07, 6.45) is 2.67. The average Bonchev–Trinajstić information content (AvgIpc) is 2.61. The number of carbonyl (C=O) groups excluding carboxylic acids is 1. The summed E-state index contributed by atoms with van der Waals surface area (Å²) in [4.78, 5) is 17.2. The number of benzene rings is 2. The van der Waals surface area contributed by atoms with E-state index in [9.17, 15) is 4.79 Å². The van der Waals surface area contributed by atoms with E-state index in [1.165, 1.54) is 10.8 Å². The first-order valence-electron chi connectivity index (χ1n) is 8.63. The lowest BCUT2D eigenvalue weighted by atomic mass is 10.00. The Morgan fingerprint density at radius 3 is 2.57 bits per heavy atom. The van der Waals surface area contributed by atoms with Gasteiger partial charge in [-0.3, -0.25) is 4.79 Å². The number of rotatable bonds is 4. The molecule has 1 amide bonds. The summed E-state index contributed by atoms with van der Waals surface area (Å²) in [5.74, 6) is 0.233. The van der Waals surface area contributed by atoms with Gasteiger partial charge in [-0.15, -0.1) is 0 Å². The highest BCUT2D eigenvalue weighted by atomic mass is 16.2. The summed E-state index contributed by atoms with van der Waals surface area (Å²) in [5, 5.41) is 2.40. The third-order valence-corrected chi connectivity index (χ3v) is 5.17. The maximum absolute atomic E-state index is 12.7. The van der Waals surface area contributed by atoms with E-state index in [-0.39, 0.29) is 5.91 Å². The number of likely N-dealkylation sites (N-methyl/N-ethyl adjacent to an activating group) is 1. The third-order valence-electron chi connectivity index (χ3n) is 5.17. The minimum Gasteiger partial charge on any atom is -0.342 e. The zero-order valence-electron chi connectivity index (χ0n) is 14.2. The number of nitrogens with zero attached hydrogens (tertiary/aromatic N) is 2. The van der Waals surface area contributed by atoms with Crippen molar-refractivity contribution in [2.75, 3.05) is 26.7 Å². The van der Waals surface area contributed by atoms with E-state index in [0.717, 1.165) is 38.0 Å². The number of hydrogen-bond donors (Lipinski definition) is 0. The maximum Gasteiger partial charge on any atom is 0.227 e. The maximum atomic E-state index is 12.7. The van der Waals surface area contributed by atoms with Crippen LogP contribution in [0.25, 0.3) is 10.8 Å². The molecule has 0 unspecified atom stereocenters. The van der Waals surface area contributed by atoms with E-state index < -0.39 is 0 Å². The number of fused-ring (bicyclic) bond motifs is 1. The molecule has 0 spiro atoms. The van der Waals surface area contributed by atoms with Gasteiger partial charge in [0.15, 0.2) is 0 Å². The monoisotopic (exact) mass is 310 g/mol. The molecule has 0 radical (unpaired) electrons. The summed E-state index contributed by atoms with van der Waals surface area (Å²) in [6.45, 7) is 5.52. The number of amides is 1. The lowest BCUT2D eigenvalue weighted by Gasteiger charge is -2.36. The molecule has 3 nitrogen and oxygen atoms in total. The van der Waals surface area contributed by atoms with Gasteiger partial charge in [0.1, 0.15) is 0 Å². The summed E-state index contributed by atoms with van der Waals surface area (Å²) < 4.78 is 0. The zero-order chi connectivity index (χ0) is 16.2. The minimum absolute atomic E-state index is 0.233. The molecule has 2 aromatic carbocycles. The highest BCUT2D eigenvalue weighted by molar-refractivity contribution is 5.90. The molecule has 0 atom stereocenters. The van der Waals surface area contributed by atoms with E-state index in [0.29, 0.717) is 12.5 Å².